The van der Waals surface area contributed by atoms with Gasteiger partial charge in [-0.15, -0.1) is 6.42 Å². The van der Waals surface area contributed by atoms with Crippen LogP contribution >= 0.6 is 0 Å². The van der Waals surface area contributed by atoms with Crippen LogP contribution in [0.4, 0.5) is 0 Å². The number of nitrogens with one attached hydrogen (secondary N) is 1. The summed E-state index contributed by atoms with van der Waals surface area (Å²) in [5, 5.41) is 3.44. The molecule has 0 bridgehead atoms. The van der Waals surface area contributed by atoms with Crippen molar-refractivity contribution in [3.8, 4) is 12.3 Å². The van der Waals surface area contributed by atoms with E-state index in [9.17, 15) is 0 Å². The zero-order valence-corrected chi connectivity index (χ0v) is 9.64. The lowest BCUT2D eigenvalue weighted by molar-refractivity contribution is 0.210. The van der Waals surface area contributed by atoms with Crippen molar-refractivity contribution in [3.05, 3.63) is 0 Å². The Balaban J connectivity index is 2.23. The largest absolute Gasteiger partial charge is 0.306 e. The first kappa shape index (κ1) is 11.6. The molecule has 0 aliphatic carbocycles. The van der Waals surface area contributed by atoms with Gasteiger partial charge < -0.3 is 10.2 Å². The highest BCUT2D eigenvalue weighted by Crippen LogP contribution is 2.15. The van der Waals surface area contributed by atoms with Crippen LogP contribution in [0, 0.1) is 18.3 Å². The highest BCUT2D eigenvalue weighted by molar-refractivity contribution is 5.07. The van der Waals surface area contributed by atoms with Gasteiger partial charge in [-0.2, -0.15) is 0 Å². The van der Waals surface area contributed by atoms with E-state index < -0.39 is 0 Å². The fourth-order valence-electron chi connectivity index (χ4n) is 1.72. The minimum atomic E-state index is -0.149. The molecule has 2 heteroatoms. The maximum absolute atomic E-state index is 5.42. The predicted octanol–water partition coefficient (Wildman–Crippen LogP) is 1.33. The molecule has 14 heavy (non-hydrogen) atoms. The van der Waals surface area contributed by atoms with E-state index in [4.69, 9.17) is 6.42 Å². The van der Waals surface area contributed by atoms with Gasteiger partial charge in [0.15, 0.2) is 0 Å². The third-order valence-corrected chi connectivity index (χ3v) is 3.03. The SMILES string of the molecule is C#CC(C)(C)NCC1CCN(C)CC1. The van der Waals surface area contributed by atoms with Gasteiger partial charge in [-0.05, 0) is 59.3 Å². The molecule has 2 nitrogen and oxygen atoms in total. The lowest BCUT2D eigenvalue weighted by Gasteiger charge is -2.31. The van der Waals surface area contributed by atoms with Crippen LogP contribution in [0.25, 0.3) is 0 Å². The molecule has 0 atom stereocenters. The molecule has 0 aromatic carbocycles. The number of nitrogens with zero attached hydrogens (tertiary/aromatic N) is 1. The minimum absolute atomic E-state index is 0.149. The van der Waals surface area contributed by atoms with Crippen molar-refractivity contribution >= 4 is 0 Å². The van der Waals surface area contributed by atoms with Crippen molar-refractivity contribution in [2.24, 2.45) is 5.92 Å². The Kier molecular flexibility index (Phi) is 3.97. The van der Waals surface area contributed by atoms with Gasteiger partial charge in [0.2, 0.25) is 0 Å². The highest BCUT2D eigenvalue weighted by atomic mass is 15.1. The normalized spacial score (nSPS) is 20.7. The topological polar surface area (TPSA) is 15.3 Å². The van der Waals surface area contributed by atoms with Crippen LogP contribution in [0.5, 0.6) is 0 Å². The Labute approximate surface area is 88.1 Å². The van der Waals surface area contributed by atoms with E-state index in [1.165, 1.54) is 25.9 Å². The number of piperidine rings is 1. The molecule has 0 aromatic rings. The van der Waals surface area contributed by atoms with Gasteiger partial charge >= 0.3 is 0 Å². The summed E-state index contributed by atoms with van der Waals surface area (Å²) in [6.07, 6.45) is 8.01. The van der Waals surface area contributed by atoms with Crippen molar-refractivity contribution in [2.45, 2.75) is 32.2 Å². The van der Waals surface area contributed by atoms with Crippen LogP contribution in [-0.4, -0.2) is 37.1 Å². The fraction of sp³-hybridized carbons (Fsp3) is 0.833. The molecule has 0 saturated carbocycles. The van der Waals surface area contributed by atoms with E-state index in [0.29, 0.717) is 0 Å². The molecule has 1 aliphatic rings. The van der Waals surface area contributed by atoms with Crippen molar-refractivity contribution in [3.63, 3.8) is 0 Å². The number of hydrogen-bond donors (Lipinski definition) is 1. The Morgan fingerprint density at radius 1 is 1.43 bits per heavy atom. The fourth-order valence-corrected chi connectivity index (χ4v) is 1.72. The number of terminal acetylenes is 1. The lowest BCUT2D eigenvalue weighted by atomic mass is 9.95. The Bertz CT molecular complexity index is 207. The van der Waals surface area contributed by atoms with E-state index in [1.807, 2.05) is 0 Å². The maximum Gasteiger partial charge on any atom is 0.0741 e. The average Bonchev–Trinajstić information content (AvgIpc) is 2.17. The second kappa shape index (κ2) is 4.82. The van der Waals surface area contributed by atoms with Gasteiger partial charge in [-0.3, -0.25) is 0 Å². The van der Waals surface area contributed by atoms with Gasteiger partial charge in [-0.25, -0.2) is 0 Å². The Hall–Kier alpha value is -0.520. The predicted molar refractivity (Wildman–Crippen MR) is 61.1 cm³/mol. The van der Waals surface area contributed by atoms with Crippen molar-refractivity contribution in [1.82, 2.24) is 10.2 Å². The Morgan fingerprint density at radius 2 is 2.00 bits per heavy atom. The van der Waals surface area contributed by atoms with E-state index in [1.54, 1.807) is 0 Å². The monoisotopic (exact) mass is 194 g/mol. The number of rotatable bonds is 3. The first-order valence-corrected chi connectivity index (χ1v) is 5.45. The molecule has 0 amide bonds. The molecule has 1 saturated heterocycles. The highest BCUT2D eigenvalue weighted by Gasteiger charge is 2.19. The van der Waals surface area contributed by atoms with E-state index in [0.717, 1.165) is 12.5 Å². The smallest absolute Gasteiger partial charge is 0.0741 e. The summed E-state index contributed by atoms with van der Waals surface area (Å²) >= 11 is 0. The minimum Gasteiger partial charge on any atom is -0.306 e. The summed E-state index contributed by atoms with van der Waals surface area (Å²) in [5.74, 6) is 3.57. The molecule has 1 N–H and O–H groups in total. The third-order valence-electron chi connectivity index (χ3n) is 3.03. The maximum atomic E-state index is 5.42. The molecular weight excluding hydrogens is 172 g/mol. The molecule has 1 rings (SSSR count). The second-order valence-electron chi connectivity index (χ2n) is 4.90. The van der Waals surface area contributed by atoms with Crippen molar-refractivity contribution < 1.29 is 0 Å². The van der Waals surface area contributed by atoms with Gasteiger partial charge in [0.1, 0.15) is 0 Å². The molecule has 0 aromatic heterocycles. The summed E-state index contributed by atoms with van der Waals surface area (Å²) in [6.45, 7) is 7.63. The van der Waals surface area contributed by atoms with Crippen LogP contribution in [0.3, 0.4) is 0 Å². The van der Waals surface area contributed by atoms with Gasteiger partial charge in [0.25, 0.3) is 0 Å². The van der Waals surface area contributed by atoms with Gasteiger partial charge in [0.05, 0.1) is 5.54 Å². The van der Waals surface area contributed by atoms with Crippen molar-refractivity contribution in [1.29, 1.82) is 0 Å². The number of likely N-dealkylation sites (tertiary alicyclic amines) is 1. The van der Waals surface area contributed by atoms with Crippen LogP contribution in [0.1, 0.15) is 26.7 Å². The third kappa shape index (κ3) is 3.69. The summed E-state index contributed by atoms with van der Waals surface area (Å²) in [5.41, 5.74) is -0.149. The number of hydrogen-bond acceptors (Lipinski definition) is 2. The first-order valence-electron chi connectivity index (χ1n) is 5.45. The summed E-state index contributed by atoms with van der Waals surface area (Å²) in [6, 6.07) is 0. The standard InChI is InChI=1S/C12H22N2/c1-5-12(2,3)13-10-11-6-8-14(4)9-7-11/h1,11,13H,6-10H2,2-4H3. The van der Waals surface area contributed by atoms with Crippen LogP contribution in [-0.2, 0) is 0 Å². The average molecular weight is 194 g/mol. The van der Waals surface area contributed by atoms with Gasteiger partial charge in [-0.1, -0.05) is 5.92 Å². The molecule has 0 spiro atoms. The molecule has 80 valence electrons. The molecular formula is C12H22N2. The van der Waals surface area contributed by atoms with E-state index in [-0.39, 0.29) is 5.54 Å². The summed E-state index contributed by atoms with van der Waals surface area (Å²) in [7, 11) is 2.19. The summed E-state index contributed by atoms with van der Waals surface area (Å²) in [4.78, 5) is 2.39. The quantitative estimate of drug-likeness (QED) is 0.682. The molecule has 1 aliphatic heterocycles. The second-order valence-corrected chi connectivity index (χ2v) is 4.90. The van der Waals surface area contributed by atoms with Crippen molar-refractivity contribution in [2.75, 3.05) is 26.7 Å². The van der Waals surface area contributed by atoms with Crippen LogP contribution in [0.15, 0.2) is 0 Å². The molecule has 0 radical (unpaired) electrons. The molecule has 1 heterocycles. The zero-order valence-electron chi connectivity index (χ0n) is 9.64. The van der Waals surface area contributed by atoms with Crippen LogP contribution < -0.4 is 5.32 Å². The Morgan fingerprint density at radius 3 is 2.50 bits per heavy atom. The first-order chi connectivity index (χ1) is 6.53. The van der Waals surface area contributed by atoms with Gasteiger partial charge in [0, 0.05) is 0 Å². The zero-order chi connectivity index (χ0) is 10.6. The van der Waals surface area contributed by atoms with E-state index >= 15 is 0 Å². The van der Waals surface area contributed by atoms with Crippen LogP contribution in [0.2, 0.25) is 0 Å². The molecule has 0 unspecified atom stereocenters. The molecule has 1 fully saturated rings. The lowest BCUT2D eigenvalue weighted by Crippen LogP contribution is -2.43. The summed E-state index contributed by atoms with van der Waals surface area (Å²) < 4.78 is 0. The van der Waals surface area contributed by atoms with E-state index in [2.05, 4.69) is 37.0 Å².